The molecule has 0 aliphatic rings. The van der Waals surface area contributed by atoms with E-state index in [0.29, 0.717) is 16.9 Å². The van der Waals surface area contributed by atoms with Crippen molar-refractivity contribution in [2.24, 2.45) is 0 Å². The Morgan fingerprint density at radius 3 is 2.46 bits per heavy atom. The Labute approximate surface area is 166 Å². The number of thioether (sulfide) groups is 1. The van der Waals surface area contributed by atoms with Crippen molar-refractivity contribution in [3.8, 4) is 6.07 Å². The molecule has 0 aliphatic heterocycles. The van der Waals surface area contributed by atoms with Crippen molar-refractivity contribution in [2.45, 2.75) is 13.8 Å². The van der Waals surface area contributed by atoms with Gasteiger partial charge in [0.05, 0.1) is 11.5 Å². The van der Waals surface area contributed by atoms with Gasteiger partial charge >= 0.3 is 0 Å². The SMILES string of the molecule is Cc1oc(NC(=O)CSCC(=O)Nc2cccc3ccccc23)c(C#N)c1C. The fourth-order valence-electron chi connectivity index (χ4n) is 2.77. The van der Waals surface area contributed by atoms with Crippen molar-refractivity contribution in [3.63, 3.8) is 0 Å². The largest absolute Gasteiger partial charge is 0.444 e. The van der Waals surface area contributed by atoms with Gasteiger partial charge in [-0.1, -0.05) is 36.4 Å². The number of rotatable bonds is 6. The monoisotopic (exact) mass is 393 g/mol. The lowest BCUT2D eigenvalue weighted by Gasteiger charge is -2.08. The van der Waals surface area contributed by atoms with Gasteiger partial charge in [0, 0.05) is 16.6 Å². The van der Waals surface area contributed by atoms with Crippen molar-refractivity contribution >= 4 is 45.9 Å². The lowest BCUT2D eigenvalue weighted by molar-refractivity contribution is -0.114. The van der Waals surface area contributed by atoms with Crippen LogP contribution in [0, 0.1) is 25.2 Å². The predicted octanol–water partition coefficient (Wildman–Crippen LogP) is 4.23. The minimum Gasteiger partial charge on any atom is -0.444 e. The Kier molecular flexibility index (Phi) is 6.02. The fourth-order valence-corrected chi connectivity index (χ4v) is 3.39. The third kappa shape index (κ3) is 4.35. The predicted molar refractivity (Wildman–Crippen MR) is 111 cm³/mol. The van der Waals surface area contributed by atoms with Gasteiger partial charge in [-0.05, 0) is 25.3 Å². The van der Waals surface area contributed by atoms with E-state index in [1.807, 2.05) is 48.5 Å². The van der Waals surface area contributed by atoms with Gasteiger partial charge in [0.15, 0.2) is 0 Å². The Bertz CT molecular complexity index is 1080. The molecule has 0 saturated heterocycles. The standard InChI is InChI=1S/C21H19N3O3S/c1-13-14(2)27-21(17(13)10-22)24-20(26)12-28-11-19(25)23-18-9-5-7-15-6-3-4-8-16(15)18/h3-9H,11-12H2,1-2H3,(H,23,25)(H,24,26). The summed E-state index contributed by atoms with van der Waals surface area (Å²) >= 11 is 1.19. The molecule has 0 saturated carbocycles. The molecule has 2 aromatic carbocycles. The summed E-state index contributed by atoms with van der Waals surface area (Å²) in [7, 11) is 0. The molecule has 0 unspecified atom stereocenters. The van der Waals surface area contributed by atoms with Crippen LogP contribution in [0.4, 0.5) is 11.6 Å². The van der Waals surface area contributed by atoms with Gasteiger partial charge in [0.1, 0.15) is 17.4 Å². The van der Waals surface area contributed by atoms with Crippen LogP contribution in [0.1, 0.15) is 16.9 Å². The normalized spacial score (nSPS) is 10.5. The molecule has 2 amide bonds. The Balaban J connectivity index is 1.52. The number of nitriles is 1. The molecule has 0 spiro atoms. The molecular formula is C21H19N3O3S. The van der Waals surface area contributed by atoms with E-state index in [0.717, 1.165) is 16.5 Å². The Hall–Kier alpha value is -3.24. The number of furan rings is 1. The quantitative estimate of drug-likeness (QED) is 0.653. The summed E-state index contributed by atoms with van der Waals surface area (Å²) in [6.07, 6.45) is 0. The first-order chi connectivity index (χ1) is 13.5. The molecule has 0 fully saturated rings. The van der Waals surface area contributed by atoms with Gasteiger partial charge in [0.25, 0.3) is 0 Å². The molecule has 0 radical (unpaired) electrons. The highest BCUT2D eigenvalue weighted by atomic mass is 32.2. The average Bonchev–Trinajstić information content (AvgIpc) is 2.94. The molecule has 0 aliphatic carbocycles. The Morgan fingerprint density at radius 2 is 1.71 bits per heavy atom. The van der Waals surface area contributed by atoms with Crippen molar-refractivity contribution < 1.29 is 14.0 Å². The summed E-state index contributed by atoms with van der Waals surface area (Å²) in [6, 6.07) is 15.5. The summed E-state index contributed by atoms with van der Waals surface area (Å²) in [4.78, 5) is 24.3. The highest BCUT2D eigenvalue weighted by molar-refractivity contribution is 8.00. The minimum absolute atomic E-state index is 0.0760. The molecule has 1 heterocycles. The van der Waals surface area contributed by atoms with Crippen molar-refractivity contribution in [2.75, 3.05) is 22.1 Å². The second-order valence-electron chi connectivity index (χ2n) is 6.22. The van der Waals surface area contributed by atoms with E-state index in [1.54, 1.807) is 13.8 Å². The molecule has 1 aromatic heterocycles. The van der Waals surface area contributed by atoms with Gasteiger partial charge in [-0.15, -0.1) is 11.8 Å². The number of carbonyl (C=O) groups excluding carboxylic acids is 2. The maximum absolute atomic E-state index is 12.2. The number of aryl methyl sites for hydroxylation is 1. The second kappa shape index (κ2) is 8.63. The summed E-state index contributed by atoms with van der Waals surface area (Å²) in [5.74, 6) is 0.451. The molecule has 0 bridgehead atoms. The number of benzene rings is 2. The van der Waals surface area contributed by atoms with Gasteiger partial charge in [0.2, 0.25) is 17.7 Å². The van der Waals surface area contributed by atoms with Crippen LogP contribution in [0.2, 0.25) is 0 Å². The molecule has 3 aromatic rings. The summed E-state index contributed by atoms with van der Waals surface area (Å²) < 4.78 is 5.41. The number of carbonyl (C=O) groups is 2. The number of hydrogen-bond donors (Lipinski definition) is 2. The average molecular weight is 393 g/mol. The van der Waals surface area contributed by atoms with Crippen LogP contribution in [0.5, 0.6) is 0 Å². The van der Waals surface area contributed by atoms with E-state index in [1.165, 1.54) is 11.8 Å². The zero-order valence-electron chi connectivity index (χ0n) is 15.5. The number of amides is 2. The zero-order valence-corrected chi connectivity index (χ0v) is 16.4. The third-order valence-corrected chi connectivity index (χ3v) is 5.21. The summed E-state index contributed by atoms with van der Waals surface area (Å²) in [5.41, 5.74) is 1.78. The summed E-state index contributed by atoms with van der Waals surface area (Å²) in [5, 5.41) is 16.7. The van der Waals surface area contributed by atoms with Crippen molar-refractivity contribution in [1.29, 1.82) is 5.26 Å². The van der Waals surface area contributed by atoms with E-state index in [9.17, 15) is 14.9 Å². The number of nitrogens with zero attached hydrogens (tertiary/aromatic N) is 1. The molecule has 142 valence electrons. The number of nitrogens with one attached hydrogen (secondary N) is 2. The van der Waals surface area contributed by atoms with Crippen molar-refractivity contribution in [3.05, 3.63) is 59.4 Å². The molecule has 28 heavy (non-hydrogen) atoms. The highest BCUT2D eigenvalue weighted by Gasteiger charge is 2.16. The van der Waals surface area contributed by atoms with E-state index in [2.05, 4.69) is 10.6 Å². The first-order valence-electron chi connectivity index (χ1n) is 8.65. The van der Waals surface area contributed by atoms with Gasteiger partial charge in [-0.25, -0.2) is 0 Å². The van der Waals surface area contributed by atoms with Gasteiger partial charge in [-0.2, -0.15) is 5.26 Å². The van der Waals surface area contributed by atoms with Crippen LogP contribution in [-0.2, 0) is 9.59 Å². The molecule has 7 heteroatoms. The molecular weight excluding hydrogens is 374 g/mol. The van der Waals surface area contributed by atoms with Crippen LogP contribution in [0.25, 0.3) is 10.8 Å². The Morgan fingerprint density at radius 1 is 1.04 bits per heavy atom. The van der Waals surface area contributed by atoms with Crippen LogP contribution in [0.3, 0.4) is 0 Å². The lowest BCUT2D eigenvalue weighted by Crippen LogP contribution is -2.18. The maximum Gasteiger partial charge on any atom is 0.236 e. The molecule has 3 rings (SSSR count). The highest BCUT2D eigenvalue weighted by Crippen LogP contribution is 2.26. The molecule has 2 N–H and O–H groups in total. The zero-order chi connectivity index (χ0) is 20.1. The topological polar surface area (TPSA) is 95.1 Å². The van der Waals surface area contributed by atoms with E-state index in [-0.39, 0.29) is 29.2 Å². The third-order valence-electron chi connectivity index (χ3n) is 4.28. The first-order valence-corrected chi connectivity index (χ1v) is 9.80. The maximum atomic E-state index is 12.2. The lowest BCUT2D eigenvalue weighted by atomic mass is 10.1. The second-order valence-corrected chi connectivity index (χ2v) is 7.20. The number of hydrogen-bond acceptors (Lipinski definition) is 5. The van der Waals surface area contributed by atoms with Crippen LogP contribution < -0.4 is 10.6 Å². The first kappa shape index (κ1) is 19.5. The van der Waals surface area contributed by atoms with Gasteiger partial charge < -0.3 is 9.73 Å². The van der Waals surface area contributed by atoms with E-state index in [4.69, 9.17) is 4.42 Å². The fraction of sp³-hybridized carbons (Fsp3) is 0.190. The smallest absolute Gasteiger partial charge is 0.236 e. The van der Waals surface area contributed by atoms with Crippen LogP contribution in [-0.4, -0.2) is 23.3 Å². The van der Waals surface area contributed by atoms with E-state index >= 15 is 0 Å². The van der Waals surface area contributed by atoms with Crippen LogP contribution >= 0.6 is 11.8 Å². The molecule has 6 nitrogen and oxygen atoms in total. The van der Waals surface area contributed by atoms with E-state index < -0.39 is 0 Å². The molecule has 0 atom stereocenters. The summed E-state index contributed by atoms with van der Waals surface area (Å²) in [6.45, 7) is 3.50. The minimum atomic E-state index is -0.326. The number of fused-ring (bicyclic) bond motifs is 1. The van der Waals surface area contributed by atoms with Crippen molar-refractivity contribution in [1.82, 2.24) is 0 Å². The number of anilines is 2. The van der Waals surface area contributed by atoms with Crippen LogP contribution in [0.15, 0.2) is 46.9 Å². The van der Waals surface area contributed by atoms with Gasteiger partial charge in [-0.3, -0.25) is 14.9 Å².